The smallest absolute Gasteiger partial charge is 0.243 e. The SMILES string of the molecule is COC1(CNS(=O)(=O)c2cccnc2C#N)CCOC1. The Morgan fingerprint density at radius 3 is 3.05 bits per heavy atom. The standard InChI is InChI=1S/C12H15N3O4S/c1-18-12(4-6-19-9-12)8-15-20(16,17)11-3-2-5-14-10(11)7-13/h2-3,5,15H,4,6,8-9H2,1H3. The Kier molecular flexibility index (Phi) is 4.35. The minimum Gasteiger partial charge on any atom is -0.378 e. The molecule has 1 fully saturated rings. The molecule has 20 heavy (non-hydrogen) atoms. The molecular weight excluding hydrogens is 282 g/mol. The lowest BCUT2D eigenvalue weighted by atomic mass is 10.0. The first-order chi connectivity index (χ1) is 9.53. The summed E-state index contributed by atoms with van der Waals surface area (Å²) in [5, 5.41) is 8.91. The molecule has 0 spiro atoms. The molecule has 1 unspecified atom stereocenters. The molecule has 1 atom stereocenters. The maximum Gasteiger partial charge on any atom is 0.243 e. The molecule has 0 bridgehead atoms. The molecule has 7 nitrogen and oxygen atoms in total. The molecule has 0 radical (unpaired) electrons. The monoisotopic (exact) mass is 297 g/mol. The molecule has 1 aliphatic rings. The minimum absolute atomic E-state index is 0.0889. The third kappa shape index (κ3) is 2.96. The van der Waals surface area contributed by atoms with Crippen molar-refractivity contribution in [3.05, 3.63) is 24.0 Å². The van der Waals surface area contributed by atoms with E-state index in [1.807, 2.05) is 0 Å². The Morgan fingerprint density at radius 2 is 2.45 bits per heavy atom. The predicted molar refractivity (Wildman–Crippen MR) is 69.3 cm³/mol. The summed E-state index contributed by atoms with van der Waals surface area (Å²) < 4.78 is 37.5. The Balaban J connectivity index is 2.18. The lowest BCUT2D eigenvalue weighted by molar-refractivity contribution is -0.0120. The van der Waals surface area contributed by atoms with Gasteiger partial charge in [0, 0.05) is 32.9 Å². The average Bonchev–Trinajstić information content (AvgIpc) is 2.95. The van der Waals surface area contributed by atoms with Crippen molar-refractivity contribution >= 4 is 10.0 Å². The highest BCUT2D eigenvalue weighted by atomic mass is 32.2. The molecule has 2 heterocycles. The molecule has 1 aromatic heterocycles. The number of rotatable bonds is 5. The first-order valence-electron chi connectivity index (χ1n) is 6.01. The van der Waals surface area contributed by atoms with Crippen LogP contribution in [0.4, 0.5) is 0 Å². The second-order valence-corrected chi connectivity index (χ2v) is 6.21. The topological polar surface area (TPSA) is 101 Å². The fraction of sp³-hybridized carbons (Fsp3) is 0.500. The number of methoxy groups -OCH3 is 1. The Labute approximate surface area is 117 Å². The highest BCUT2D eigenvalue weighted by Crippen LogP contribution is 2.22. The number of nitrogens with one attached hydrogen (secondary N) is 1. The fourth-order valence-corrected chi connectivity index (χ4v) is 3.18. The van der Waals surface area contributed by atoms with Gasteiger partial charge in [-0.1, -0.05) is 0 Å². The van der Waals surface area contributed by atoms with Gasteiger partial charge in [-0.3, -0.25) is 0 Å². The van der Waals surface area contributed by atoms with E-state index in [9.17, 15) is 8.42 Å². The summed E-state index contributed by atoms with van der Waals surface area (Å²) in [6.07, 6.45) is 1.99. The van der Waals surface area contributed by atoms with Crippen LogP contribution in [0.2, 0.25) is 0 Å². The van der Waals surface area contributed by atoms with Gasteiger partial charge in [0.05, 0.1) is 6.61 Å². The van der Waals surface area contributed by atoms with Gasteiger partial charge in [-0.15, -0.1) is 0 Å². The van der Waals surface area contributed by atoms with E-state index in [0.717, 1.165) is 0 Å². The fourth-order valence-electron chi connectivity index (χ4n) is 1.96. The highest BCUT2D eigenvalue weighted by Gasteiger charge is 2.36. The van der Waals surface area contributed by atoms with E-state index in [4.69, 9.17) is 14.7 Å². The molecule has 8 heteroatoms. The predicted octanol–water partition coefficient (Wildman–Crippen LogP) is 0.0371. The van der Waals surface area contributed by atoms with Gasteiger partial charge in [-0.2, -0.15) is 5.26 Å². The maximum atomic E-state index is 12.2. The third-order valence-electron chi connectivity index (χ3n) is 3.25. The largest absolute Gasteiger partial charge is 0.378 e. The highest BCUT2D eigenvalue weighted by molar-refractivity contribution is 7.89. The number of nitriles is 1. The van der Waals surface area contributed by atoms with Crippen molar-refractivity contribution in [2.75, 3.05) is 26.9 Å². The first kappa shape index (κ1) is 14.9. The van der Waals surface area contributed by atoms with Crippen LogP contribution in [0.5, 0.6) is 0 Å². The van der Waals surface area contributed by atoms with E-state index < -0.39 is 15.6 Å². The van der Waals surface area contributed by atoms with Gasteiger partial charge < -0.3 is 9.47 Å². The number of aromatic nitrogens is 1. The van der Waals surface area contributed by atoms with Crippen molar-refractivity contribution in [1.29, 1.82) is 5.26 Å². The number of pyridine rings is 1. The molecule has 1 aliphatic heterocycles. The summed E-state index contributed by atoms with van der Waals surface area (Å²) in [6.45, 7) is 0.960. The summed E-state index contributed by atoms with van der Waals surface area (Å²) in [5.74, 6) is 0. The van der Waals surface area contributed by atoms with Crippen LogP contribution < -0.4 is 4.72 Å². The summed E-state index contributed by atoms with van der Waals surface area (Å²) in [4.78, 5) is 3.61. The summed E-state index contributed by atoms with van der Waals surface area (Å²) in [6, 6.07) is 4.59. The maximum absolute atomic E-state index is 12.2. The quantitative estimate of drug-likeness (QED) is 0.823. The number of sulfonamides is 1. The first-order valence-corrected chi connectivity index (χ1v) is 7.49. The van der Waals surface area contributed by atoms with Crippen LogP contribution in [0, 0.1) is 11.3 Å². The molecule has 0 amide bonds. The number of nitrogens with zero attached hydrogens (tertiary/aromatic N) is 2. The minimum atomic E-state index is -3.81. The summed E-state index contributed by atoms with van der Waals surface area (Å²) >= 11 is 0. The molecule has 0 aliphatic carbocycles. The summed E-state index contributed by atoms with van der Waals surface area (Å²) in [7, 11) is -2.29. The number of hydrogen-bond donors (Lipinski definition) is 1. The zero-order valence-electron chi connectivity index (χ0n) is 11.0. The van der Waals surface area contributed by atoms with Crippen molar-refractivity contribution in [3.8, 4) is 6.07 Å². The van der Waals surface area contributed by atoms with Crippen molar-refractivity contribution in [2.24, 2.45) is 0 Å². The van der Waals surface area contributed by atoms with Gasteiger partial charge in [0.15, 0.2) is 5.69 Å². The normalized spacial score (nSPS) is 22.6. The van der Waals surface area contributed by atoms with Gasteiger partial charge in [-0.05, 0) is 12.1 Å². The second-order valence-electron chi connectivity index (χ2n) is 4.48. The number of hydrogen-bond acceptors (Lipinski definition) is 6. The molecule has 0 aromatic carbocycles. The average molecular weight is 297 g/mol. The lowest BCUT2D eigenvalue weighted by Crippen LogP contribution is -2.45. The molecule has 1 saturated heterocycles. The van der Waals surface area contributed by atoms with Crippen LogP contribution in [0.25, 0.3) is 0 Å². The van der Waals surface area contributed by atoms with E-state index in [2.05, 4.69) is 9.71 Å². The van der Waals surface area contributed by atoms with Crippen LogP contribution >= 0.6 is 0 Å². The zero-order valence-corrected chi connectivity index (χ0v) is 11.8. The van der Waals surface area contributed by atoms with Crippen molar-refractivity contribution < 1.29 is 17.9 Å². The summed E-state index contributed by atoms with van der Waals surface area (Å²) in [5.41, 5.74) is -0.781. The molecule has 108 valence electrons. The van der Waals surface area contributed by atoms with Crippen LogP contribution in [-0.4, -0.2) is 45.9 Å². The van der Waals surface area contributed by atoms with Gasteiger partial charge in [0.1, 0.15) is 16.6 Å². The van der Waals surface area contributed by atoms with Gasteiger partial charge in [-0.25, -0.2) is 18.1 Å². The van der Waals surface area contributed by atoms with Crippen molar-refractivity contribution in [1.82, 2.24) is 9.71 Å². The molecule has 2 rings (SSSR count). The van der Waals surface area contributed by atoms with Gasteiger partial charge in [0.25, 0.3) is 0 Å². The van der Waals surface area contributed by atoms with Gasteiger partial charge >= 0.3 is 0 Å². The van der Waals surface area contributed by atoms with E-state index >= 15 is 0 Å². The van der Waals surface area contributed by atoms with Gasteiger partial charge in [0.2, 0.25) is 10.0 Å². The van der Waals surface area contributed by atoms with E-state index in [1.165, 1.54) is 25.4 Å². The molecule has 1 aromatic rings. The van der Waals surface area contributed by atoms with Crippen LogP contribution in [0.3, 0.4) is 0 Å². The Morgan fingerprint density at radius 1 is 1.65 bits per heavy atom. The van der Waals surface area contributed by atoms with E-state index in [1.54, 1.807) is 6.07 Å². The van der Waals surface area contributed by atoms with E-state index in [0.29, 0.717) is 19.6 Å². The second kappa shape index (κ2) is 5.85. The molecular formula is C12H15N3O4S. The number of ether oxygens (including phenoxy) is 2. The van der Waals surface area contributed by atoms with E-state index in [-0.39, 0.29) is 17.1 Å². The van der Waals surface area contributed by atoms with Crippen molar-refractivity contribution in [3.63, 3.8) is 0 Å². The zero-order chi connectivity index (χ0) is 14.6. The Hall–Kier alpha value is -1.53. The van der Waals surface area contributed by atoms with Crippen LogP contribution in [0.1, 0.15) is 12.1 Å². The molecule has 1 N–H and O–H groups in total. The van der Waals surface area contributed by atoms with Crippen molar-refractivity contribution in [2.45, 2.75) is 16.9 Å². The Bertz CT molecular complexity index is 618. The lowest BCUT2D eigenvalue weighted by Gasteiger charge is -2.25. The van der Waals surface area contributed by atoms with Crippen LogP contribution in [-0.2, 0) is 19.5 Å². The molecule has 0 saturated carbocycles. The third-order valence-corrected chi connectivity index (χ3v) is 4.68. The van der Waals surface area contributed by atoms with Crippen LogP contribution in [0.15, 0.2) is 23.2 Å².